The van der Waals surface area contributed by atoms with Crippen LogP contribution in [0.1, 0.15) is 65.5 Å². The van der Waals surface area contributed by atoms with Crippen molar-refractivity contribution in [1.82, 2.24) is 4.90 Å². The second kappa shape index (κ2) is 13.5. The zero-order valence-corrected chi connectivity index (χ0v) is 24.7. The highest BCUT2D eigenvalue weighted by Gasteiger charge is 2.26. The fraction of sp³-hybridized carbons (Fsp3) is 0.548. The maximum Gasteiger partial charge on any atom is 0.410 e. The van der Waals surface area contributed by atoms with Crippen molar-refractivity contribution in [3.63, 3.8) is 0 Å². The van der Waals surface area contributed by atoms with Gasteiger partial charge < -0.3 is 24.0 Å². The molecule has 0 spiro atoms. The lowest BCUT2D eigenvalue weighted by molar-refractivity contribution is -0.160. The van der Waals surface area contributed by atoms with E-state index in [1.54, 1.807) is 19.1 Å². The maximum absolute atomic E-state index is 13.1. The maximum atomic E-state index is 13.1. The van der Waals surface area contributed by atoms with Gasteiger partial charge in [0, 0.05) is 38.9 Å². The molecule has 2 rings (SSSR count). The molecule has 2 aromatic carbocycles. The van der Waals surface area contributed by atoms with Gasteiger partial charge in [-0.15, -0.1) is 0 Å². The molecule has 210 valence electrons. The first-order chi connectivity index (χ1) is 17.7. The number of amides is 1. The monoisotopic (exact) mass is 526 g/mol. The highest BCUT2D eigenvalue weighted by atomic mass is 16.6. The lowest BCUT2D eigenvalue weighted by atomic mass is 9.93. The number of carbonyl (C=O) groups is 2. The van der Waals surface area contributed by atoms with E-state index in [2.05, 4.69) is 29.2 Å². The molecule has 0 heterocycles. The third-order valence-corrected chi connectivity index (χ3v) is 5.88. The molecule has 0 aliphatic rings. The summed E-state index contributed by atoms with van der Waals surface area (Å²) in [5, 5.41) is 0. The summed E-state index contributed by atoms with van der Waals surface area (Å²) >= 11 is 0. The molecule has 1 unspecified atom stereocenters. The lowest BCUT2D eigenvalue weighted by Gasteiger charge is -2.26. The summed E-state index contributed by atoms with van der Waals surface area (Å²) in [5.74, 6) is 0.296. The second-order valence-corrected chi connectivity index (χ2v) is 11.9. The average molecular weight is 527 g/mol. The van der Waals surface area contributed by atoms with Crippen molar-refractivity contribution in [2.45, 2.75) is 78.6 Å². The quantitative estimate of drug-likeness (QED) is 0.312. The minimum absolute atomic E-state index is 0.212. The van der Waals surface area contributed by atoms with Gasteiger partial charge in [-0.2, -0.15) is 0 Å². The van der Waals surface area contributed by atoms with Gasteiger partial charge in [0.1, 0.15) is 17.0 Å². The molecule has 0 N–H and O–H groups in total. The first-order valence-electron chi connectivity index (χ1n) is 13.3. The van der Waals surface area contributed by atoms with Crippen molar-refractivity contribution in [3.05, 3.63) is 59.7 Å². The summed E-state index contributed by atoms with van der Waals surface area (Å²) < 4.78 is 16.6. The Hall–Kier alpha value is -3.22. The van der Waals surface area contributed by atoms with Crippen molar-refractivity contribution in [2.24, 2.45) is 5.92 Å². The van der Waals surface area contributed by atoms with Crippen molar-refractivity contribution in [2.75, 3.05) is 32.6 Å². The lowest BCUT2D eigenvalue weighted by Crippen LogP contribution is -2.35. The highest BCUT2D eigenvalue weighted by Crippen LogP contribution is 2.24. The standard InChI is InChI=1S/C31H46N2O5/c1-30(2,3)37-28(34)25(15-12-18-32(7)29(35)38-31(4,5)6)20-23-13-10-14-24(19-23)22-33(8)26-16-11-17-27(21-26)36-9/h10-11,13-14,16-17,19,21,25H,12,15,18,20,22H2,1-9H3. The van der Waals surface area contributed by atoms with E-state index >= 15 is 0 Å². The Morgan fingerprint density at radius 2 is 1.50 bits per heavy atom. The molecule has 2 aromatic rings. The molecule has 0 saturated heterocycles. The van der Waals surface area contributed by atoms with E-state index in [1.165, 1.54) is 0 Å². The second-order valence-electron chi connectivity index (χ2n) is 11.9. The number of esters is 1. The smallest absolute Gasteiger partial charge is 0.410 e. The van der Waals surface area contributed by atoms with Gasteiger partial charge in [0.15, 0.2) is 0 Å². The summed E-state index contributed by atoms with van der Waals surface area (Å²) in [4.78, 5) is 29.2. The van der Waals surface area contributed by atoms with Crippen LogP contribution in [0.15, 0.2) is 48.5 Å². The number of nitrogens with zero attached hydrogens (tertiary/aromatic N) is 2. The molecule has 0 fully saturated rings. The van der Waals surface area contributed by atoms with Crippen LogP contribution in [-0.4, -0.2) is 55.9 Å². The Morgan fingerprint density at radius 1 is 0.868 bits per heavy atom. The zero-order chi connectivity index (χ0) is 28.5. The van der Waals surface area contributed by atoms with E-state index in [4.69, 9.17) is 14.2 Å². The molecule has 0 aliphatic carbocycles. The molecule has 0 saturated carbocycles. The van der Waals surface area contributed by atoms with Crippen molar-refractivity contribution in [1.29, 1.82) is 0 Å². The molecule has 7 heteroatoms. The van der Waals surface area contributed by atoms with Crippen molar-refractivity contribution in [3.8, 4) is 5.75 Å². The number of carbonyl (C=O) groups excluding carboxylic acids is 2. The number of benzene rings is 2. The van der Waals surface area contributed by atoms with Crippen LogP contribution in [0, 0.1) is 5.92 Å². The van der Waals surface area contributed by atoms with Crippen LogP contribution in [0.4, 0.5) is 10.5 Å². The summed E-state index contributed by atoms with van der Waals surface area (Å²) in [6.45, 7) is 12.4. The van der Waals surface area contributed by atoms with Crippen molar-refractivity contribution < 1.29 is 23.8 Å². The average Bonchev–Trinajstić information content (AvgIpc) is 2.81. The van der Waals surface area contributed by atoms with Gasteiger partial charge in [-0.05, 0) is 84.1 Å². The molecule has 0 aromatic heterocycles. The number of rotatable bonds is 11. The summed E-state index contributed by atoms with van der Waals surface area (Å²) in [5.41, 5.74) is 2.19. The molecule has 0 bridgehead atoms. The zero-order valence-electron chi connectivity index (χ0n) is 24.7. The molecular formula is C31H46N2O5. The van der Waals surface area contributed by atoms with E-state index in [0.29, 0.717) is 25.8 Å². The first-order valence-corrected chi connectivity index (χ1v) is 13.3. The number of anilines is 1. The third-order valence-electron chi connectivity index (χ3n) is 5.88. The molecule has 1 amide bonds. The minimum Gasteiger partial charge on any atom is -0.497 e. The minimum atomic E-state index is -0.566. The molecule has 38 heavy (non-hydrogen) atoms. The number of hydrogen-bond acceptors (Lipinski definition) is 6. The Morgan fingerprint density at radius 3 is 2.13 bits per heavy atom. The fourth-order valence-corrected chi connectivity index (χ4v) is 4.05. The van der Waals surface area contributed by atoms with Crippen LogP contribution in [0.2, 0.25) is 0 Å². The van der Waals surface area contributed by atoms with Crippen LogP contribution in [0.25, 0.3) is 0 Å². The Bertz CT molecular complexity index is 1050. The van der Waals surface area contributed by atoms with Gasteiger partial charge in [-0.25, -0.2) is 4.79 Å². The first kappa shape index (κ1) is 31.0. The molecular weight excluding hydrogens is 480 g/mol. The summed E-state index contributed by atoms with van der Waals surface area (Å²) in [6.07, 6.45) is 1.48. The molecule has 0 aliphatic heterocycles. The Kier molecular flexibility index (Phi) is 11.0. The summed E-state index contributed by atoms with van der Waals surface area (Å²) in [7, 11) is 5.43. The van der Waals surface area contributed by atoms with Crippen LogP contribution in [-0.2, 0) is 27.2 Å². The molecule has 1 atom stereocenters. The van der Waals surface area contributed by atoms with Crippen LogP contribution >= 0.6 is 0 Å². The number of hydrogen-bond donors (Lipinski definition) is 0. The number of ether oxygens (including phenoxy) is 3. The van der Waals surface area contributed by atoms with E-state index in [1.807, 2.05) is 72.9 Å². The van der Waals surface area contributed by atoms with Gasteiger partial charge in [0.05, 0.1) is 13.0 Å². The van der Waals surface area contributed by atoms with E-state index in [9.17, 15) is 9.59 Å². The predicted molar refractivity (Wildman–Crippen MR) is 153 cm³/mol. The van der Waals surface area contributed by atoms with E-state index < -0.39 is 11.2 Å². The van der Waals surface area contributed by atoms with Crippen LogP contribution < -0.4 is 9.64 Å². The molecule has 7 nitrogen and oxygen atoms in total. The van der Waals surface area contributed by atoms with Gasteiger partial charge in [-0.3, -0.25) is 4.79 Å². The predicted octanol–water partition coefficient (Wildman–Crippen LogP) is 6.48. The van der Waals surface area contributed by atoms with Gasteiger partial charge in [0.2, 0.25) is 0 Å². The normalized spacial score (nSPS) is 12.4. The molecule has 0 radical (unpaired) electrons. The van der Waals surface area contributed by atoms with Crippen LogP contribution in [0.3, 0.4) is 0 Å². The van der Waals surface area contributed by atoms with E-state index in [0.717, 1.165) is 29.1 Å². The Labute approximate surface area is 229 Å². The fourth-order valence-electron chi connectivity index (χ4n) is 4.05. The highest BCUT2D eigenvalue weighted by molar-refractivity contribution is 5.73. The largest absolute Gasteiger partial charge is 0.497 e. The third kappa shape index (κ3) is 11.0. The number of methoxy groups -OCH3 is 1. The topological polar surface area (TPSA) is 68.3 Å². The van der Waals surface area contributed by atoms with Crippen LogP contribution in [0.5, 0.6) is 5.75 Å². The SMILES string of the molecule is COc1cccc(N(C)Cc2cccc(CC(CCCN(C)C(=O)OC(C)(C)C)C(=O)OC(C)(C)C)c2)c1. The van der Waals surface area contributed by atoms with Gasteiger partial charge in [0.25, 0.3) is 0 Å². The Balaban J connectivity index is 2.09. The van der Waals surface area contributed by atoms with Crippen molar-refractivity contribution >= 4 is 17.7 Å². The van der Waals surface area contributed by atoms with Gasteiger partial charge in [-0.1, -0.05) is 30.3 Å². The van der Waals surface area contributed by atoms with Gasteiger partial charge >= 0.3 is 12.1 Å². The summed E-state index contributed by atoms with van der Waals surface area (Å²) in [6, 6.07) is 16.3. The van der Waals surface area contributed by atoms with E-state index in [-0.39, 0.29) is 18.0 Å².